The van der Waals surface area contributed by atoms with Gasteiger partial charge in [0.05, 0.1) is 12.5 Å². The summed E-state index contributed by atoms with van der Waals surface area (Å²) in [5, 5.41) is 3.01. The topological polar surface area (TPSA) is 58.6 Å². The van der Waals surface area contributed by atoms with Gasteiger partial charge in [-0.1, -0.05) is 60.7 Å². The number of ether oxygens (including phenoxy) is 1. The second-order valence-electron chi connectivity index (χ2n) is 8.56. The molecule has 2 amide bonds. The van der Waals surface area contributed by atoms with E-state index < -0.39 is 5.41 Å². The third-order valence-electron chi connectivity index (χ3n) is 6.40. The number of likely N-dealkylation sites (tertiary alicyclic amines) is 1. The highest BCUT2D eigenvalue weighted by Crippen LogP contribution is 2.36. The van der Waals surface area contributed by atoms with E-state index in [1.807, 2.05) is 66.4 Å². The summed E-state index contributed by atoms with van der Waals surface area (Å²) in [7, 11) is 1.67. The van der Waals surface area contributed by atoms with Crippen molar-refractivity contribution in [3.8, 4) is 16.9 Å². The maximum absolute atomic E-state index is 13.2. The lowest BCUT2D eigenvalue weighted by molar-refractivity contribution is -0.130. The number of nitrogens with one attached hydrogen (secondary N) is 1. The van der Waals surface area contributed by atoms with E-state index in [-0.39, 0.29) is 11.8 Å². The number of amides is 2. The van der Waals surface area contributed by atoms with Crippen LogP contribution >= 0.6 is 0 Å². The monoisotopic (exact) mass is 442 g/mol. The highest BCUT2D eigenvalue weighted by Gasteiger charge is 2.45. The van der Waals surface area contributed by atoms with Crippen LogP contribution in [0.3, 0.4) is 0 Å². The SMILES string of the molecule is CCNC(=O)C1(Cc2ccc(-c3ccccc3OC)cc2)CCN(C(=O)c2ccccc2)C1. The number of rotatable bonds is 7. The lowest BCUT2D eigenvalue weighted by Gasteiger charge is -2.28. The van der Waals surface area contributed by atoms with Gasteiger partial charge in [-0.3, -0.25) is 9.59 Å². The van der Waals surface area contributed by atoms with Crippen LogP contribution in [0.15, 0.2) is 78.9 Å². The summed E-state index contributed by atoms with van der Waals surface area (Å²) in [5.41, 5.74) is 3.20. The lowest BCUT2D eigenvalue weighted by Crippen LogP contribution is -2.45. The predicted octanol–water partition coefficient (Wildman–Crippen LogP) is 4.57. The molecule has 0 saturated carbocycles. The van der Waals surface area contributed by atoms with Crippen molar-refractivity contribution in [2.24, 2.45) is 5.41 Å². The van der Waals surface area contributed by atoms with E-state index >= 15 is 0 Å². The molecule has 1 saturated heterocycles. The first kappa shape index (κ1) is 22.6. The van der Waals surface area contributed by atoms with Crippen molar-refractivity contribution < 1.29 is 14.3 Å². The van der Waals surface area contributed by atoms with E-state index in [1.54, 1.807) is 7.11 Å². The van der Waals surface area contributed by atoms with Crippen molar-refractivity contribution in [2.45, 2.75) is 19.8 Å². The molecular weight excluding hydrogens is 412 g/mol. The fraction of sp³-hybridized carbons (Fsp3) is 0.286. The van der Waals surface area contributed by atoms with E-state index in [0.717, 1.165) is 22.4 Å². The van der Waals surface area contributed by atoms with Crippen molar-refractivity contribution >= 4 is 11.8 Å². The Balaban J connectivity index is 1.56. The van der Waals surface area contributed by atoms with Crippen LogP contribution in [0.5, 0.6) is 5.75 Å². The highest BCUT2D eigenvalue weighted by atomic mass is 16.5. The molecule has 170 valence electrons. The zero-order chi connectivity index (χ0) is 23.3. The molecule has 0 radical (unpaired) electrons. The molecule has 0 bridgehead atoms. The van der Waals surface area contributed by atoms with Crippen molar-refractivity contribution in [3.63, 3.8) is 0 Å². The van der Waals surface area contributed by atoms with Crippen LogP contribution in [0, 0.1) is 5.41 Å². The molecule has 0 aromatic heterocycles. The fourth-order valence-electron chi connectivity index (χ4n) is 4.64. The van der Waals surface area contributed by atoms with Gasteiger partial charge in [0.1, 0.15) is 5.75 Å². The molecule has 3 aromatic rings. The van der Waals surface area contributed by atoms with Gasteiger partial charge < -0.3 is 15.0 Å². The van der Waals surface area contributed by atoms with Crippen LogP contribution < -0.4 is 10.1 Å². The minimum Gasteiger partial charge on any atom is -0.496 e. The zero-order valence-electron chi connectivity index (χ0n) is 19.2. The Morgan fingerprint density at radius 1 is 0.970 bits per heavy atom. The van der Waals surface area contributed by atoms with Gasteiger partial charge in [-0.25, -0.2) is 0 Å². The van der Waals surface area contributed by atoms with Gasteiger partial charge >= 0.3 is 0 Å². The number of carbonyl (C=O) groups excluding carboxylic acids is 2. The van der Waals surface area contributed by atoms with Gasteiger partial charge in [-0.05, 0) is 49.1 Å². The Morgan fingerprint density at radius 2 is 1.67 bits per heavy atom. The maximum atomic E-state index is 13.2. The van der Waals surface area contributed by atoms with Gasteiger partial charge in [-0.2, -0.15) is 0 Å². The number of methoxy groups -OCH3 is 1. The van der Waals surface area contributed by atoms with Crippen LogP contribution in [-0.4, -0.2) is 43.5 Å². The Kier molecular flexibility index (Phi) is 6.78. The number of hydrogen-bond donors (Lipinski definition) is 1. The fourth-order valence-corrected chi connectivity index (χ4v) is 4.64. The van der Waals surface area contributed by atoms with Gasteiger partial charge in [-0.15, -0.1) is 0 Å². The molecule has 1 aliphatic rings. The van der Waals surface area contributed by atoms with Crippen molar-refractivity contribution in [1.82, 2.24) is 10.2 Å². The second kappa shape index (κ2) is 9.90. The van der Waals surface area contributed by atoms with Crippen molar-refractivity contribution in [2.75, 3.05) is 26.7 Å². The Morgan fingerprint density at radius 3 is 2.36 bits per heavy atom. The Hall–Kier alpha value is -3.60. The van der Waals surface area contributed by atoms with Crippen LogP contribution in [0.25, 0.3) is 11.1 Å². The molecule has 1 N–H and O–H groups in total. The van der Waals surface area contributed by atoms with E-state index in [4.69, 9.17) is 4.74 Å². The number of para-hydroxylation sites is 1. The molecule has 4 rings (SSSR count). The average Bonchev–Trinajstić information content (AvgIpc) is 3.30. The predicted molar refractivity (Wildman–Crippen MR) is 130 cm³/mol. The standard InChI is InChI=1S/C28H30N2O3/c1-3-29-27(32)28(17-18-30(20-28)26(31)23-9-5-4-6-10-23)19-21-13-15-22(16-14-21)24-11-7-8-12-25(24)33-2/h4-16H,3,17-20H2,1-2H3,(H,29,32). The summed E-state index contributed by atoms with van der Waals surface area (Å²) < 4.78 is 5.49. The summed E-state index contributed by atoms with van der Waals surface area (Å²) >= 11 is 0. The third-order valence-corrected chi connectivity index (χ3v) is 6.40. The Labute approximate surface area is 195 Å². The average molecular weight is 443 g/mol. The largest absolute Gasteiger partial charge is 0.496 e. The minimum absolute atomic E-state index is 0.0159. The van der Waals surface area contributed by atoms with Crippen LogP contribution in [0.1, 0.15) is 29.3 Å². The Bertz CT molecular complexity index is 1110. The normalized spacial score (nSPS) is 17.6. The molecule has 3 aromatic carbocycles. The van der Waals surface area contributed by atoms with Gasteiger partial charge in [0.2, 0.25) is 5.91 Å². The first-order valence-electron chi connectivity index (χ1n) is 11.4. The van der Waals surface area contributed by atoms with E-state index in [9.17, 15) is 9.59 Å². The summed E-state index contributed by atoms with van der Waals surface area (Å²) in [6.45, 7) is 3.49. The van der Waals surface area contributed by atoms with E-state index in [2.05, 4.69) is 29.6 Å². The van der Waals surface area contributed by atoms with Gasteiger partial charge in [0.25, 0.3) is 5.91 Å². The summed E-state index contributed by atoms with van der Waals surface area (Å²) in [4.78, 5) is 28.0. The maximum Gasteiger partial charge on any atom is 0.253 e. The van der Waals surface area contributed by atoms with Gasteiger partial charge in [0.15, 0.2) is 0 Å². The second-order valence-corrected chi connectivity index (χ2v) is 8.56. The molecule has 5 heteroatoms. The molecular formula is C28H30N2O3. The van der Waals surface area contributed by atoms with Gasteiger partial charge in [0, 0.05) is 30.8 Å². The lowest BCUT2D eigenvalue weighted by atomic mass is 9.79. The summed E-state index contributed by atoms with van der Waals surface area (Å²) in [5.74, 6) is 0.824. The van der Waals surface area contributed by atoms with Crippen molar-refractivity contribution in [3.05, 3.63) is 90.0 Å². The molecule has 0 aliphatic carbocycles. The van der Waals surface area contributed by atoms with Crippen LogP contribution in [0.4, 0.5) is 0 Å². The highest BCUT2D eigenvalue weighted by molar-refractivity contribution is 5.95. The molecule has 1 fully saturated rings. The van der Waals surface area contributed by atoms with Crippen LogP contribution in [-0.2, 0) is 11.2 Å². The molecule has 0 spiro atoms. The van der Waals surface area contributed by atoms with E-state index in [1.165, 1.54) is 0 Å². The first-order chi connectivity index (χ1) is 16.1. The molecule has 33 heavy (non-hydrogen) atoms. The number of nitrogens with zero attached hydrogens (tertiary/aromatic N) is 1. The molecule has 1 heterocycles. The molecule has 5 nitrogen and oxygen atoms in total. The van der Waals surface area contributed by atoms with Crippen molar-refractivity contribution in [1.29, 1.82) is 0 Å². The number of hydrogen-bond acceptors (Lipinski definition) is 3. The third kappa shape index (κ3) is 4.77. The number of benzene rings is 3. The summed E-state index contributed by atoms with van der Waals surface area (Å²) in [6, 6.07) is 25.5. The first-order valence-corrected chi connectivity index (χ1v) is 11.4. The molecule has 1 unspecified atom stereocenters. The zero-order valence-corrected chi connectivity index (χ0v) is 19.2. The molecule has 1 atom stereocenters. The minimum atomic E-state index is -0.633. The van der Waals surface area contributed by atoms with Crippen LogP contribution in [0.2, 0.25) is 0 Å². The molecule has 1 aliphatic heterocycles. The van der Waals surface area contributed by atoms with E-state index in [0.29, 0.717) is 38.0 Å². The summed E-state index contributed by atoms with van der Waals surface area (Å²) in [6.07, 6.45) is 1.23. The quantitative estimate of drug-likeness (QED) is 0.583. The number of carbonyl (C=O) groups is 2. The smallest absolute Gasteiger partial charge is 0.253 e.